The summed E-state index contributed by atoms with van der Waals surface area (Å²) in [6, 6.07) is 4.16. The summed E-state index contributed by atoms with van der Waals surface area (Å²) in [6.45, 7) is 6.69. The predicted octanol–water partition coefficient (Wildman–Crippen LogP) is 0.618. The maximum Gasteiger partial charge on any atom is 0.191 e. The summed E-state index contributed by atoms with van der Waals surface area (Å²) >= 11 is 0. The molecule has 1 aromatic rings. The Kier molecular flexibility index (Phi) is 7.09. The van der Waals surface area contributed by atoms with E-state index in [4.69, 9.17) is 9.47 Å². The molecule has 0 aromatic carbocycles. The van der Waals surface area contributed by atoms with Gasteiger partial charge >= 0.3 is 0 Å². The molecular weight excluding hydrogens is 294 g/mol. The van der Waals surface area contributed by atoms with E-state index >= 15 is 0 Å². The Morgan fingerprint density at radius 2 is 2.35 bits per heavy atom. The molecule has 1 aromatic heterocycles. The van der Waals surface area contributed by atoms with E-state index in [0.29, 0.717) is 13.2 Å². The third kappa shape index (κ3) is 5.69. The van der Waals surface area contributed by atoms with Gasteiger partial charge < -0.3 is 25.0 Å². The molecule has 1 saturated heterocycles. The van der Waals surface area contributed by atoms with Gasteiger partial charge in [-0.25, -0.2) is 4.98 Å². The van der Waals surface area contributed by atoms with Crippen molar-refractivity contribution in [3.8, 4) is 0 Å². The van der Waals surface area contributed by atoms with Crippen molar-refractivity contribution in [2.24, 2.45) is 4.99 Å². The van der Waals surface area contributed by atoms with Crippen molar-refractivity contribution < 1.29 is 9.47 Å². The quantitative estimate of drug-likeness (QED) is 0.455. The van der Waals surface area contributed by atoms with E-state index in [-0.39, 0.29) is 6.10 Å². The minimum atomic E-state index is 0.258. The summed E-state index contributed by atoms with van der Waals surface area (Å²) in [7, 11) is 3.43. The number of ether oxygens (including phenoxy) is 2. The van der Waals surface area contributed by atoms with E-state index in [2.05, 4.69) is 44.6 Å². The van der Waals surface area contributed by atoms with Gasteiger partial charge in [0.2, 0.25) is 0 Å². The number of hydrogen-bond acceptors (Lipinski definition) is 5. The third-order valence-corrected chi connectivity index (χ3v) is 3.66. The third-order valence-electron chi connectivity index (χ3n) is 3.66. The number of nitrogens with zero attached hydrogens (tertiary/aromatic N) is 3. The van der Waals surface area contributed by atoms with Crippen LogP contribution in [0.2, 0.25) is 0 Å². The van der Waals surface area contributed by atoms with E-state index < -0.39 is 0 Å². The molecule has 7 heteroatoms. The molecule has 1 fully saturated rings. The van der Waals surface area contributed by atoms with Gasteiger partial charge in [-0.2, -0.15) is 0 Å². The molecular formula is C16H27N5O2. The molecule has 0 aliphatic carbocycles. The fourth-order valence-corrected chi connectivity index (χ4v) is 2.41. The van der Waals surface area contributed by atoms with Crippen molar-refractivity contribution >= 4 is 11.8 Å². The average Bonchev–Trinajstić information content (AvgIpc) is 2.58. The van der Waals surface area contributed by atoms with Crippen molar-refractivity contribution in [1.82, 2.24) is 15.6 Å². The molecule has 2 N–H and O–H groups in total. The van der Waals surface area contributed by atoms with Crippen LogP contribution in [0.5, 0.6) is 0 Å². The van der Waals surface area contributed by atoms with E-state index in [1.807, 2.05) is 6.20 Å². The molecule has 0 bridgehead atoms. The lowest BCUT2D eigenvalue weighted by atomic mass is 10.2. The molecule has 1 unspecified atom stereocenters. The number of aromatic nitrogens is 1. The number of aliphatic imine (C=N–C) groups is 1. The van der Waals surface area contributed by atoms with Gasteiger partial charge in [0.15, 0.2) is 5.96 Å². The molecule has 23 heavy (non-hydrogen) atoms. The predicted molar refractivity (Wildman–Crippen MR) is 91.9 cm³/mol. The van der Waals surface area contributed by atoms with Crippen molar-refractivity contribution in [2.75, 3.05) is 51.9 Å². The van der Waals surface area contributed by atoms with Crippen LogP contribution in [0, 0.1) is 0 Å². The normalized spacial score (nSPS) is 18.8. The molecule has 1 atom stereocenters. The Balaban J connectivity index is 1.82. The second-order valence-electron chi connectivity index (χ2n) is 5.50. The van der Waals surface area contributed by atoms with Gasteiger partial charge in [0.25, 0.3) is 0 Å². The van der Waals surface area contributed by atoms with E-state index in [0.717, 1.165) is 43.6 Å². The largest absolute Gasteiger partial charge is 0.383 e. The van der Waals surface area contributed by atoms with E-state index in [1.54, 1.807) is 14.2 Å². The van der Waals surface area contributed by atoms with Crippen LogP contribution in [0.25, 0.3) is 0 Å². The smallest absolute Gasteiger partial charge is 0.191 e. The van der Waals surface area contributed by atoms with Gasteiger partial charge in [-0.15, -0.1) is 0 Å². The number of methoxy groups -OCH3 is 1. The van der Waals surface area contributed by atoms with Gasteiger partial charge in [-0.1, -0.05) is 6.07 Å². The summed E-state index contributed by atoms with van der Waals surface area (Å²) in [5, 5.41) is 6.44. The Morgan fingerprint density at radius 1 is 1.48 bits per heavy atom. The second kappa shape index (κ2) is 9.32. The average molecular weight is 321 g/mol. The minimum Gasteiger partial charge on any atom is -0.383 e. The minimum absolute atomic E-state index is 0.258. The van der Waals surface area contributed by atoms with Gasteiger partial charge in [-0.3, -0.25) is 4.99 Å². The van der Waals surface area contributed by atoms with Gasteiger partial charge in [0.1, 0.15) is 5.82 Å². The van der Waals surface area contributed by atoms with Crippen molar-refractivity contribution in [3.63, 3.8) is 0 Å². The first kappa shape index (κ1) is 17.5. The topological polar surface area (TPSA) is 71.0 Å². The van der Waals surface area contributed by atoms with Gasteiger partial charge in [0.05, 0.1) is 19.3 Å². The molecule has 7 nitrogen and oxygen atoms in total. The van der Waals surface area contributed by atoms with Crippen LogP contribution in [0.15, 0.2) is 23.3 Å². The highest BCUT2D eigenvalue weighted by Gasteiger charge is 2.17. The standard InChI is InChI=1S/C16H27N5O2/c1-13-12-21(7-9-23-13)15-5-4-14(10-19-15)11-20-16(17-2)18-6-8-22-3/h4-5,10,13H,6-9,11-12H2,1-3H3,(H2,17,18,20). The van der Waals surface area contributed by atoms with Gasteiger partial charge in [0, 0.05) is 46.5 Å². The summed E-state index contributed by atoms with van der Waals surface area (Å²) in [5.41, 5.74) is 1.12. The zero-order chi connectivity index (χ0) is 16.5. The summed E-state index contributed by atoms with van der Waals surface area (Å²) in [6.07, 6.45) is 2.17. The second-order valence-corrected chi connectivity index (χ2v) is 5.50. The fraction of sp³-hybridized carbons (Fsp3) is 0.625. The summed E-state index contributed by atoms with van der Waals surface area (Å²) in [5.74, 6) is 1.76. The molecule has 1 aliphatic rings. The molecule has 0 radical (unpaired) electrons. The monoisotopic (exact) mass is 321 g/mol. The lowest BCUT2D eigenvalue weighted by Crippen LogP contribution is -2.41. The number of morpholine rings is 1. The number of pyridine rings is 1. The number of anilines is 1. The van der Waals surface area contributed by atoms with Gasteiger partial charge in [-0.05, 0) is 18.6 Å². The first-order chi connectivity index (χ1) is 11.2. The highest BCUT2D eigenvalue weighted by atomic mass is 16.5. The van der Waals surface area contributed by atoms with Crippen LogP contribution >= 0.6 is 0 Å². The molecule has 2 heterocycles. The van der Waals surface area contributed by atoms with Crippen LogP contribution in [0.4, 0.5) is 5.82 Å². The van der Waals surface area contributed by atoms with Crippen molar-refractivity contribution in [3.05, 3.63) is 23.9 Å². The summed E-state index contributed by atoms with van der Waals surface area (Å²) in [4.78, 5) is 11.0. The SMILES string of the molecule is CN=C(NCCOC)NCc1ccc(N2CCOC(C)C2)nc1. The van der Waals surface area contributed by atoms with E-state index in [1.165, 1.54) is 0 Å². The number of guanidine groups is 1. The Hall–Kier alpha value is -1.86. The number of hydrogen-bond donors (Lipinski definition) is 2. The molecule has 0 spiro atoms. The highest BCUT2D eigenvalue weighted by molar-refractivity contribution is 5.79. The molecule has 0 saturated carbocycles. The zero-order valence-electron chi connectivity index (χ0n) is 14.2. The van der Waals surface area contributed by atoms with Crippen molar-refractivity contribution in [2.45, 2.75) is 19.6 Å². The highest BCUT2D eigenvalue weighted by Crippen LogP contribution is 2.15. The van der Waals surface area contributed by atoms with Crippen LogP contribution in [-0.2, 0) is 16.0 Å². The first-order valence-corrected chi connectivity index (χ1v) is 7.98. The molecule has 2 rings (SSSR count). The molecule has 0 amide bonds. The maximum absolute atomic E-state index is 5.56. The number of rotatable bonds is 6. The molecule has 128 valence electrons. The van der Waals surface area contributed by atoms with Crippen LogP contribution in [0.1, 0.15) is 12.5 Å². The lowest BCUT2D eigenvalue weighted by molar-refractivity contribution is 0.0529. The Morgan fingerprint density at radius 3 is 3.00 bits per heavy atom. The van der Waals surface area contributed by atoms with Crippen LogP contribution in [-0.4, -0.2) is 64.1 Å². The Labute approximate surface area is 138 Å². The van der Waals surface area contributed by atoms with Crippen molar-refractivity contribution in [1.29, 1.82) is 0 Å². The zero-order valence-corrected chi connectivity index (χ0v) is 14.2. The summed E-state index contributed by atoms with van der Waals surface area (Å²) < 4.78 is 10.6. The van der Waals surface area contributed by atoms with E-state index in [9.17, 15) is 0 Å². The Bertz CT molecular complexity index is 492. The van der Waals surface area contributed by atoms with Crippen LogP contribution < -0.4 is 15.5 Å². The lowest BCUT2D eigenvalue weighted by Gasteiger charge is -2.32. The fourth-order valence-electron chi connectivity index (χ4n) is 2.41. The maximum atomic E-state index is 5.56. The molecule has 1 aliphatic heterocycles. The van der Waals surface area contributed by atoms with Crippen LogP contribution in [0.3, 0.4) is 0 Å². The number of nitrogens with one attached hydrogen (secondary N) is 2. The first-order valence-electron chi connectivity index (χ1n) is 7.98.